The molecule has 1 atom stereocenters. The fourth-order valence-corrected chi connectivity index (χ4v) is 3.29. The number of carbonyl (C=O) groups excluding carboxylic acids is 2. The predicted octanol–water partition coefficient (Wildman–Crippen LogP) is 3.27. The molecule has 0 saturated carbocycles. The Hall–Kier alpha value is -2.87. The number of aromatic nitrogens is 1. The topological polar surface area (TPSA) is 93.5 Å². The fraction of sp³-hybridized carbons (Fsp3) is 0.278. The van der Waals surface area contributed by atoms with Gasteiger partial charge in [-0.1, -0.05) is 18.2 Å². The molecule has 0 aliphatic carbocycles. The lowest BCUT2D eigenvalue weighted by atomic mass is 10.2. The molecule has 8 heteroatoms. The summed E-state index contributed by atoms with van der Waals surface area (Å²) >= 11 is 1.17. The minimum absolute atomic E-state index is 0.342. The van der Waals surface area contributed by atoms with Crippen LogP contribution in [-0.2, 0) is 9.53 Å². The molecule has 3 rings (SSSR count). The van der Waals surface area contributed by atoms with E-state index in [2.05, 4.69) is 15.0 Å². The molecular weight excluding hydrogens is 354 g/mol. The number of para-hydroxylation sites is 1. The van der Waals surface area contributed by atoms with Crippen LogP contribution in [-0.4, -0.2) is 29.9 Å². The van der Waals surface area contributed by atoms with E-state index in [0.717, 1.165) is 11.0 Å². The first kappa shape index (κ1) is 17.9. The standard InChI is InChI=1S/C18H19N3O4S/c1-10(14-8-12-6-4-5-7-13(12)25-14)20-15(22)9-24-18(23)16-11(2)21-26-17(16)19-3/h4-8,10,19H,9H2,1-3H3,(H,20,22). The Labute approximate surface area is 154 Å². The van der Waals surface area contributed by atoms with Crippen molar-refractivity contribution < 1.29 is 18.7 Å². The maximum absolute atomic E-state index is 12.2. The lowest BCUT2D eigenvalue weighted by molar-refractivity contribution is -0.125. The normalized spacial score (nSPS) is 12.0. The number of furan rings is 1. The molecule has 136 valence electrons. The van der Waals surface area contributed by atoms with Gasteiger partial charge >= 0.3 is 5.97 Å². The molecule has 26 heavy (non-hydrogen) atoms. The quantitative estimate of drug-likeness (QED) is 0.644. The molecule has 3 aromatic rings. The van der Waals surface area contributed by atoms with Crippen LogP contribution in [0.4, 0.5) is 5.00 Å². The van der Waals surface area contributed by atoms with Crippen LogP contribution >= 0.6 is 11.5 Å². The van der Waals surface area contributed by atoms with Gasteiger partial charge in [0.25, 0.3) is 5.91 Å². The predicted molar refractivity (Wildman–Crippen MR) is 99.5 cm³/mol. The van der Waals surface area contributed by atoms with Gasteiger partial charge in [0.15, 0.2) is 6.61 Å². The number of rotatable bonds is 6. The Balaban J connectivity index is 1.58. The Morgan fingerprint density at radius 3 is 2.85 bits per heavy atom. The maximum Gasteiger partial charge on any atom is 0.343 e. The number of hydrogen-bond acceptors (Lipinski definition) is 7. The van der Waals surface area contributed by atoms with Crippen molar-refractivity contribution in [3.8, 4) is 0 Å². The van der Waals surface area contributed by atoms with Crippen LogP contribution in [0.1, 0.15) is 34.8 Å². The van der Waals surface area contributed by atoms with Crippen molar-refractivity contribution in [2.75, 3.05) is 19.0 Å². The highest BCUT2D eigenvalue weighted by Crippen LogP contribution is 2.25. The first-order valence-corrected chi connectivity index (χ1v) is 8.86. The van der Waals surface area contributed by atoms with Crippen LogP contribution in [0.5, 0.6) is 0 Å². The van der Waals surface area contributed by atoms with Crippen molar-refractivity contribution in [3.05, 3.63) is 47.3 Å². The van der Waals surface area contributed by atoms with E-state index < -0.39 is 11.9 Å². The highest BCUT2D eigenvalue weighted by Gasteiger charge is 2.21. The second-order valence-electron chi connectivity index (χ2n) is 5.77. The van der Waals surface area contributed by atoms with Crippen molar-refractivity contribution >= 4 is 39.4 Å². The molecule has 2 N–H and O–H groups in total. The summed E-state index contributed by atoms with van der Waals surface area (Å²) in [5.74, 6) is -0.341. The average Bonchev–Trinajstić information content (AvgIpc) is 3.22. The summed E-state index contributed by atoms with van der Waals surface area (Å²) in [5, 5.41) is 7.24. The number of carbonyl (C=O) groups is 2. The van der Waals surface area contributed by atoms with E-state index in [9.17, 15) is 9.59 Å². The number of ether oxygens (including phenoxy) is 1. The molecule has 0 saturated heterocycles. The van der Waals surface area contributed by atoms with Gasteiger partial charge in [0.1, 0.15) is 21.9 Å². The Morgan fingerprint density at radius 2 is 2.12 bits per heavy atom. The molecule has 7 nitrogen and oxygen atoms in total. The van der Waals surface area contributed by atoms with Crippen molar-refractivity contribution in [1.82, 2.24) is 9.69 Å². The van der Waals surface area contributed by atoms with E-state index in [4.69, 9.17) is 9.15 Å². The summed E-state index contributed by atoms with van der Waals surface area (Å²) in [4.78, 5) is 24.3. The van der Waals surface area contributed by atoms with Crippen molar-refractivity contribution in [3.63, 3.8) is 0 Å². The lowest BCUT2D eigenvalue weighted by Gasteiger charge is -2.11. The lowest BCUT2D eigenvalue weighted by Crippen LogP contribution is -2.31. The molecule has 0 bridgehead atoms. The zero-order chi connectivity index (χ0) is 18.7. The van der Waals surface area contributed by atoms with Crippen LogP contribution in [0.3, 0.4) is 0 Å². The number of hydrogen-bond donors (Lipinski definition) is 2. The Morgan fingerprint density at radius 1 is 1.35 bits per heavy atom. The summed E-state index contributed by atoms with van der Waals surface area (Å²) in [6, 6.07) is 9.16. The monoisotopic (exact) mass is 373 g/mol. The van der Waals surface area contributed by atoms with Gasteiger partial charge in [0.05, 0.1) is 11.7 Å². The van der Waals surface area contributed by atoms with Crippen molar-refractivity contribution in [1.29, 1.82) is 0 Å². The Bertz CT molecular complexity index is 914. The van der Waals surface area contributed by atoms with Gasteiger partial charge in [-0.15, -0.1) is 0 Å². The number of benzene rings is 1. The van der Waals surface area contributed by atoms with Crippen LogP contribution < -0.4 is 10.6 Å². The number of aryl methyl sites for hydroxylation is 1. The smallest absolute Gasteiger partial charge is 0.343 e. The van der Waals surface area contributed by atoms with Gasteiger partial charge in [-0.3, -0.25) is 4.79 Å². The second kappa shape index (κ2) is 7.57. The first-order chi connectivity index (χ1) is 12.5. The zero-order valence-electron chi connectivity index (χ0n) is 14.7. The molecule has 0 radical (unpaired) electrons. The van der Waals surface area contributed by atoms with E-state index in [-0.39, 0.29) is 12.6 Å². The number of anilines is 1. The number of amides is 1. The van der Waals surface area contributed by atoms with Crippen LogP contribution in [0.2, 0.25) is 0 Å². The summed E-state index contributed by atoms with van der Waals surface area (Å²) in [6.07, 6.45) is 0. The van der Waals surface area contributed by atoms with Crippen LogP contribution in [0.25, 0.3) is 11.0 Å². The molecular formula is C18H19N3O4S. The third kappa shape index (κ3) is 3.70. The number of nitrogens with zero attached hydrogens (tertiary/aromatic N) is 1. The number of nitrogens with one attached hydrogen (secondary N) is 2. The minimum atomic E-state index is -0.577. The van der Waals surface area contributed by atoms with E-state index in [0.29, 0.717) is 22.0 Å². The molecule has 2 heterocycles. The van der Waals surface area contributed by atoms with E-state index in [1.165, 1.54) is 11.5 Å². The summed E-state index contributed by atoms with van der Waals surface area (Å²) in [7, 11) is 1.70. The fourth-order valence-electron chi connectivity index (χ4n) is 2.55. The van der Waals surface area contributed by atoms with Gasteiger partial charge in [0.2, 0.25) is 0 Å². The number of esters is 1. The highest BCUT2D eigenvalue weighted by atomic mass is 32.1. The average molecular weight is 373 g/mol. The van der Waals surface area contributed by atoms with Gasteiger partial charge in [-0.25, -0.2) is 4.79 Å². The molecule has 1 aromatic carbocycles. The third-order valence-electron chi connectivity index (χ3n) is 3.88. The van der Waals surface area contributed by atoms with Crippen molar-refractivity contribution in [2.24, 2.45) is 0 Å². The highest BCUT2D eigenvalue weighted by molar-refractivity contribution is 7.10. The number of fused-ring (bicyclic) bond motifs is 1. The molecule has 1 unspecified atom stereocenters. The molecule has 0 spiro atoms. The Kier molecular flexibility index (Phi) is 5.22. The molecule has 1 amide bonds. The summed E-state index contributed by atoms with van der Waals surface area (Å²) in [6.45, 7) is 3.16. The van der Waals surface area contributed by atoms with Crippen LogP contribution in [0.15, 0.2) is 34.7 Å². The van der Waals surface area contributed by atoms with Crippen molar-refractivity contribution in [2.45, 2.75) is 19.9 Å². The largest absolute Gasteiger partial charge is 0.459 e. The SMILES string of the molecule is CNc1snc(C)c1C(=O)OCC(=O)NC(C)c1cc2ccccc2o1. The van der Waals surface area contributed by atoms with Gasteiger partial charge < -0.3 is 19.8 Å². The van der Waals surface area contributed by atoms with Gasteiger partial charge in [0, 0.05) is 12.4 Å². The first-order valence-electron chi connectivity index (χ1n) is 8.08. The molecule has 0 fully saturated rings. The maximum atomic E-state index is 12.2. The molecule has 2 aromatic heterocycles. The van der Waals surface area contributed by atoms with Gasteiger partial charge in [-0.2, -0.15) is 4.37 Å². The minimum Gasteiger partial charge on any atom is -0.459 e. The van der Waals surface area contributed by atoms with Crippen LogP contribution in [0, 0.1) is 6.92 Å². The molecule has 0 aliphatic heterocycles. The summed E-state index contributed by atoms with van der Waals surface area (Å²) in [5.41, 5.74) is 1.69. The van der Waals surface area contributed by atoms with E-state index in [1.54, 1.807) is 14.0 Å². The van der Waals surface area contributed by atoms with E-state index in [1.807, 2.05) is 37.3 Å². The van der Waals surface area contributed by atoms with Gasteiger partial charge in [-0.05, 0) is 37.5 Å². The van der Waals surface area contributed by atoms with E-state index >= 15 is 0 Å². The summed E-state index contributed by atoms with van der Waals surface area (Å²) < 4.78 is 14.9. The molecule has 0 aliphatic rings. The zero-order valence-corrected chi connectivity index (χ0v) is 15.5. The second-order valence-corrected chi connectivity index (χ2v) is 6.55. The third-order valence-corrected chi connectivity index (χ3v) is 4.83.